The van der Waals surface area contributed by atoms with E-state index in [4.69, 9.17) is 21.4 Å². The van der Waals surface area contributed by atoms with Gasteiger partial charge in [-0.2, -0.15) is 0 Å². The Balaban J connectivity index is 2.27. The molecule has 0 spiro atoms. The second-order valence-corrected chi connectivity index (χ2v) is 5.53. The van der Waals surface area contributed by atoms with E-state index in [0.29, 0.717) is 23.0 Å². The topological polar surface area (TPSA) is 63.5 Å². The summed E-state index contributed by atoms with van der Waals surface area (Å²) in [5, 5.41) is 6.51. The fraction of sp³-hybridized carbons (Fsp3) is 0.429. The average molecular weight is 294 g/mol. The zero-order valence-electron chi connectivity index (χ0n) is 11.7. The van der Waals surface area contributed by atoms with Crippen LogP contribution in [0.3, 0.4) is 0 Å². The number of nitrogens with one attached hydrogen (secondary N) is 2. The van der Waals surface area contributed by atoms with Gasteiger partial charge in [0.15, 0.2) is 5.11 Å². The Morgan fingerprint density at radius 3 is 2.90 bits per heavy atom. The van der Waals surface area contributed by atoms with Crippen LogP contribution in [0.15, 0.2) is 34.3 Å². The lowest BCUT2D eigenvalue weighted by Crippen LogP contribution is -2.45. The van der Waals surface area contributed by atoms with E-state index < -0.39 is 0 Å². The maximum absolute atomic E-state index is 12.3. The van der Waals surface area contributed by atoms with E-state index in [1.807, 2.05) is 20.8 Å². The molecule has 6 heteroatoms. The van der Waals surface area contributed by atoms with Crippen LogP contribution in [0.2, 0.25) is 0 Å². The summed E-state index contributed by atoms with van der Waals surface area (Å²) in [7, 11) is 0. The number of allylic oxidation sites excluding steroid dienone is 1. The monoisotopic (exact) mass is 294 g/mol. The van der Waals surface area contributed by atoms with Gasteiger partial charge in [0.1, 0.15) is 0 Å². The van der Waals surface area contributed by atoms with Gasteiger partial charge in [0, 0.05) is 11.3 Å². The smallest absolute Gasteiger partial charge is 0.338 e. The van der Waals surface area contributed by atoms with E-state index in [1.54, 1.807) is 18.6 Å². The normalized spacial score (nSPS) is 18.8. The van der Waals surface area contributed by atoms with Gasteiger partial charge in [-0.15, -0.1) is 0 Å². The van der Waals surface area contributed by atoms with Crippen LogP contribution in [0.4, 0.5) is 0 Å². The van der Waals surface area contributed by atoms with Crippen LogP contribution in [0, 0.1) is 5.92 Å². The van der Waals surface area contributed by atoms with Crippen LogP contribution >= 0.6 is 12.2 Å². The minimum Gasteiger partial charge on any atom is -0.472 e. The Hall–Kier alpha value is -1.82. The van der Waals surface area contributed by atoms with Gasteiger partial charge in [0.05, 0.1) is 30.7 Å². The van der Waals surface area contributed by atoms with Gasteiger partial charge in [0.2, 0.25) is 0 Å². The van der Waals surface area contributed by atoms with Crippen LogP contribution in [0.1, 0.15) is 32.4 Å². The fourth-order valence-electron chi connectivity index (χ4n) is 1.97. The third-order valence-electron chi connectivity index (χ3n) is 2.91. The van der Waals surface area contributed by atoms with Gasteiger partial charge in [-0.05, 0) is 31.1 Å². The highest BCUT2D eigenvalue weighted by atomic mass is 32.1. The first-order valence-corrected chi connectivity index (χ1v) is 6.87. The molecule has 0 saturated heterocycles. The van der Waals surface area contributed by atoms with Gasteiger partial charge in [-0.3, -0.25) is 0 Å². The van der Waals surface area contributed by atoms with Crippen molar-refractivity contribution in [1.29, 1.82) is 0 Å². The predicted octanol–water partition coefficient (Wildman–Crippen LogP) is 2.27. The van der Waals surface area contributed by atoms with Crippen molar-refractivity contribution in [2.45, 2.75) is 26.8 Å². The Bertz CT molecular complexity index is 535. The molecule has 0 bridgehead atoms. The SMILES string of the molecule is CC1=C(C(=O)OCC(C)C)C(c2ccoc2)NC(=S)N1. The van der Waals surface area contributed by atoms with E-state index in [2.05, 4.69) is 10.6 Å². The second kappa shape index (κ2) is 6.09. The molecule has 1 aliphatic heterocycles. The van der Waals surface area contributed by atoms with Crippen molar-refractivity contribution in [3.63, 3.8) is 0 Å². The Kier molecular flexibility index (Phi) is 4.44. The summed E-state index contributed by atoms with van der Waals surface area (Å²) >= 11 is 5.14. The molecular formula is C14H18N2O3S. The second-order valence-electron chi connectivity index (χ2n) is 5.12. The molecule has 0 saturated carbocycles. The highest BCUT2D eigenvalue weighted by Crippen LogP contribution is 2.27. The van der Waals surface area contributed by atoms with Crippen molar-refractivity contribution in [2.75, 3.05) is 6.61 Å². The molecule has 108 valence electrons. The quantitative estimate of drug-likeness (QED) is 0.656. The summed E-state index contributed by atoms with van der Waals surface area (Å²) in [6.07, 6.45) is 3.16. The molecule has 1 aromatic rings. The van der Waals surface area contributed by atoms with Crippen molar-refractivity contribution in [2.24, 2.45) is 5.92 Å². The summed E-state index contributed by atoms with van der Waals surface area (Å²) in [4.78, 5) is 12.3. The van der Waals surface area contributed by atoms with E-state index in [9.17, 15) is 4.79 Å². The summed E-state index contributed by atoms with van der Waals surface area (Å²) in [6.45, 7) is 6.19. The summed E-state index contributed by atoms with van der Waals surface area (Å²) < 4.78 is 10.4. The molecule has 0 radical (unpaired) electrons. The van der Waals surface area contributed by atoms with Crippen LogP contribution in [0.25, 0.3) is 0 Å². The first-order valence-electron chi connectivity index (χ1n) is 6.46. The molecule has 0 amide bonds. The van der Waals surface area contributed by atoms with E-state index >= 15 is 0 Å². The summed E-state index contributed by atoms with van der Waals surface area (Å²) in [5.74, 6) is -0.0530. The van der Waals surface area contributed by atoms with Crippen molar-refractivity contribution in [1.82, 2.24) is 10.6 Å². The standard InChI is InChI=1S/C14H18N2O3S/c1-8(2)6-19-13(17)11-9(3)15-14(20)16-12(11)10-4-5-18-7-10/h4-5,7-8,12H,6H2,1-3H3,(H2,15,16,20). The number of furan rings is 1. The first-order chi connectivity index (χ1) is 9.49. The molecule has 0 aliphatic carbocycles. The number of hydrogen-bond acceptors (Lipinski definition) is 4. The molecule has 2 rings (SSSR count). The minimum atomic E-state index is -0.345. The Labute approximate surface area is 123 Å². The maximum Gasteiger partial charge on any atom is 0.338 e. The number of thiocarbonyl (C=S) groups is 1. The first kappa shape index (κ1) is 14.6. The average Bonchev–Trinajstić information content (AvgIpc) is 2.88. The van der Waals surface area contributed by atoms with Crippen molar-refractivity contribution >= 4 is 23.3 Å². The number of carbonyl (C=O) groups is 1. The zero-order chi connectivity index (χ0) is 14.7. The van der Waals surface area contributed by atoms with Crippen molar-refractivity contribution in [3.05, 3.63) is 35.4 Å². The number of ether oxygens (including phenoxy) is 1. The maximum atomic E-state index is 12.3. The molecule has 5 nitrogen and oxygen atoms in total. The molecule has 2 heterocycles. The lowest BCUT2D eigenvalue weighted by Gasteiger charge is -2.29. The molecule has 0 aromatic carbocycles. The number of carbonyl (C=O) groups excluding carboxylic acids is 1. The van der Waals surface area contributed by atoms with E-state index in [1.165, 1.54) is 0 Å². The fourth-order valence-corrected chi connectivity index (χ4v) is 2.24. The van der Waals surface area contributed by atoms with Crippen molar-refractivity contribution in [3.8, 4) is 0 Å². The van der Waals surface area contributed by atoms with Gasteiger partial charge in [-0.1, -0.05) is 13.8 Å². The van der Waals surface area contributed by atoms with Gasteiger partial charge >= 0.3 is 5.97 Å². The van der Waals surface area contributed by atoms with Gasteiger partial charge in [-0.25, -0.2) is 4.79 Å². The van der Waals surface area contributed by atoms with Gasteiger partial charge in [0.25, 0.3) is 0 Å². The summed E-state index contributed by atoms with van der Waals surface area (Å²) in [6, 6.07) is 1.45. The Morgan fingerprint density at radius 1 is 1.55 bits per heavy atom. The third-order valence-corrected chi connectivity index (χ3v) is 3.13. The molecule has 1 atom stereocenters. The number of rotatable bonds is 4. The van der Waals surface area contributed by atoms with Crippen LogP contribution in [-0.4, -0.2) is 17.7 Å². The van der Waals surface area contributed by atoms with Crippen LogP contribution in [-0.2, 0) is 9.53 Å². The Morgan fingerprint density at radius 2 is 2.30 bits per heavy atom. The van der Waals surface area contributed by atoms with E-state index in [0.717, 1.165) is 5.56 Å². The molecular weight excluding hydrogens is 276 g/mol. The highest BCUT2D eigenvalue weighted by Gasteiger charge is 2.31. The molecule has 20 heavy (non-hydrogen) atoms. The molecule has 2 N–H and O–H groups in total. The lowest BCUT2D eigenvalue weighted by molar-refractivity contribution is -0.140. The molecule has 1 aromatic heterocycles. The minimum absolute atomic E-state index is 0.290. The zero-order valence-corrected chi connectivity index (χ0v) is 12.5. The lowest BCUT2D eigenvalue weighted by atomic mass is 9.98. The number of hydrogen-bond donors (Lipinski definition) is 2. The van der Waals surface area contributed by atoms with Crippen molar-refractivity contribution < 1.29 is 13.9 Å². The highest BCUT2D eigenvalue weighted by molar-refractivity contribution is 7.80. The molecule has 1 unspecified atom stereocenters. The molecule has 1 aliphatic rings. The van der Waals surface area contributed by atoms with Crippen LogP contribution < -0.4 is 10.6 Å². The predicted molar refractivity (Wildman–Crippen MR) is 78.8 cm³/mol. The third kappa shape index (κ3) is 3.19. The molecule has 0 fully saturated rings. The van der Waals surface area contributed by atoms with Crippen LogP contribution in [0.5, 0.6) is 0 Å². The van der Waals surface area contributed by atoms with Gasteiger partial charge < -0.3 is 19.8 Å². The largest absolute Gasteiger partial charge is 0.472 e. The number of esters is 1. The van der Waals surface area contributed by atoms with E-state index in [-0.39, 0.29) is 17.9 Å². The summed E-state index contributed by atoms with van der Waals surface area (Å²) in [5.41, 5.74) is 2.07.